The van der Waals surface area contributed by atoms with E-state index in [1.807, 2.05) is 37.3 Å². The van der Waals surface area contributed by atoms with Crippen LogP contribution in [0.2, 0.25) is 0 Å². The lowest BCUT2D eigenvalue weighted by Crippen LogP contribution is -2.44. The first-order valence-corrected chi connectivity index (χ1v) is 10.1. The Kier molecular flexibility index (Phi) is 7.89. The number of hydrogen-bond acceptors (Lipinski definition) is 5. The van der Waals surface area contributed by atoms with Crippen molar-refractivity contribution in [3.05, 3.63) is 35.9 Å². The molecule has 0 saturated carbocycles. The van der Waals surface area contributed by atoms with Gasteiger partial charge in [0.1, 0.15) is 6.61 Å². The number of alkyl carbamates (subject to hydrolysis) is 1. The average molecular weight is 371 g/mol. The normalized spacial score (nSPS) is 14.6. The summed E-state index contributed by atoms with van der Waals surface area (Å²) >= 11 is 0. The molecule has 0 fully saturated rings. The standard InChI is InChI=1S/C18H29NO5S/c1-14(11-18(2,3)4)16(13-24-25(5,21)22)19-17(20)23-12-15-9-7-6-8-10-15/h6-10,14,16H,11-13H2,1-5H3,(H,19,20)/t14?,16-/m1/s1. The molecule has 1 aromatic carbocycles. The summed E-state index contributed by atoms with van der Waals surface area (Å²) in [6.45, 7) is 8.26. The monoisotopic (exact) mass is 371 g/mol. The molecule has 0 saturated heterocycles. The molecule has 0 aliphatic carbocycles. The smallest absolute Gasteiger partial charge is 0.407 e. The van der Waals surface area contributed by atoms with E-state index in [2.05, 4.69) is 26.1 Å². The Morgan fingerprint density at radius 3 is 2.32 bits per heavy atom. The average Bonchev–Trinajstić information content (AvgIpc) is 2.47. The maximum Gasteiger partial charge on any atom is 0.407 e. The largest absolute Gasteiger partial charge is 0.445 e. The van der Waals surface area contributed by atoms with Crippen molar-refractivity contribution >= 4 is 16.2 Å². The summed E-state index contributed by atoms with van der Waals surface area (Å²) in [5.74, 6) is 0.0195. The van der Waals surface area contributed by atoms with Crippen LogP contribution in [-0.2, 0) is 25.6 Å². The van der Waals surface area contributed by atoms with Crippen molar-refractivity contribution in [2.45, 2.75) is 46.8 Å². The first-order chi connectivity index (χ1) is 11.5. The maximum absolute atomic E-state index is 12.1. The zero-order valence-electron chi connectivity index (χ0n) is 15.6. The molecule has 0 spiro atoms. The molecule has 1 unspecified atom stereocenters. The van der Waals surface area contributed by atoms with E-state index >= 15 is 0 Å². The highest BCUT2D eigenvalue weighted by molar-refractivity contribution is 7.85. The minimum atomic E-state index is -3.58. The second-order valence-electron chi connectivity index (χ2n) is 7.54. The zero-order valence-corrected chi connectivity index (χ0v) is 16.4. The van der Waals surface area contributed by atoms with Crippen LogP contribution in [-0.4, -0.2) is 33.4 Å². The number of amides is 1. The number of carbonyl (C=O) groups is 1. The van der Waals surface area contributed by atoms with Crippen molar-refractivity contribution in [2.75, 3.05) is 12.9 Å². The minimum Gasteiger partial charge on any atom is -0.445 e. The van der Waals surface area contributed by atoms with Gasteiger partial charge in [0.05, 0.1) is 18.9 Å². The lowest BCUT2D eigenvalue weighted by atomic mass is 9.82. The summed E-state index contributed by atoms with van der Waals surface area (Å²) < 4.78 is 32.7. The van der Waals surface area contributed by atoms with Gasteiger partial charge in [-0.25, -0.2) is 4.79 Å². The van der Waals surface area contributed by atoms with Gasteiger partial charge < -0.3 is 10.1 Å². The Morgan fingerprint density at radius 1 is 1.20 bits per heavy atom. The molecule has 0 radical (unpaired) electrons. The van der Waals surface area contributed by atoms with E-state index in [0.29, 0.717) is 0 Å². The number of hydrogen-bond donors (Lipinski definition) is 1. The van der Waals surface area contributed by atoms with Gasteiger partial charge in [0.15, 0.2) is 0 Å². The van der Waals surface area contributed by atoms with Gasteiger partial charge >= 0.3 is 6.09 Å². The van der Waals surface area contributed by atoms with Gasteiger partial charge in [-0.1, -0.05) is 58.0 Å². The second-order valence-corrected chi connectivity index (χ2v) is 9.19. The third-order valence-corrected chi connectivity index (χ3v) is 4.16. The van der Waals surface area contributed by atoms with Crippen LogP contribution in [0.1, 0.15) is 39.7 Å². The summed E-state index contributed by atoms with van der Waals surface area (Å²) in [7, 11) is -3.58. The van der Waals surface area contributed by atoms with Crippen LogP contribution in [0.3, 0.4) is 0 Å². The fraction of sp³-hybridized carbons (Fsp3) is 0.611. The van der Waals surface area contributed by atoms with Crippen LogP contribution < -0.4 is 5.32 Å². The fourth-order valence-electron chi connectivity index (χ4n) is 2.57. The van der Waals surface area contributed by atoms with E-state index in [-0.39, 0.29) is 24.5 Å². The zero-order chi connectivity index (χ0) is 19.1. The molecule has 0 bridgehead atoms. The van der Waals surface area contributed by atoms with Crippen molar-refractivity contribution in [1.82, 2.24) is 5.32 Å². The summed E-state index contributed by atoms with van der Waals surface area (Å²) in [6, 6.07) is 8.88. The Morgan fingerprint density at radius 2 is 1.80 bits per heavy atom. The van der Waals surface area contributed by atoms with Crippen molar-refractivity contribution in [1.29, 1.82) is 0 Å². The van der Waals surface area contributed by atoms with E-state index in [9.17, 15) is 13.2 Å². The Labute approximate surface area is 151 Å². The van der Waals surface area contributed by atoms with E-state index in [4.69, 9.17) is 8.92 Å². The first kappa shape index (κ1) is 21.4. The van der Waals surface area contributed by atoms with Crippen LogP contribution in [0.4, 0.5) is 4.79 Å². The molecule has 6 nitrogen and oxygen atoms in total. The molecule has 0 aliphatic heterocycles. The summed E-state index contributed by atoms with van der Waals surface area (Å²) in [4.78, 5) is 12.1. The Hall–Kier alpha value is -1.60. The Bertz CT molecular complexity index is 637. The van der Waals surface area contributed by atoms with Crippen LogP contribution in [0.15, 0.2) is 30.3 Å². The van der Waals surface area contributed by atoms with Crippen LogP contribution in [0.25, 0.3) is 0 Å². The molecular formula is C18H29NO5S. The summed E-state index contributed by atoms with van der Waals surface area (Å²) in [6.07, 6.45) is 1.20. The minimum absolute atomic E-state index is 0.0195. The van der Waals surface area contributed by atoms with Gasteiger partial charge in [-0.2, -0.15) is 8.42 Å². The molecule has 1 amide bonds. The molecule has 25 heavy (non-hydrogen) atoms. The molecule has 1 rings (SSSR count). The quantitative estimate of drug-likeness (QED) is 0.709. The molecule has 2 atom stereocenters. The van der Waals surface area contributed by atoms with Gasteiger partial charge in [-0.15, -0.1) is 0 Å². The van der Waals surface area contributed by atoms with E-state index in [1.54, 1.807) is 0 Å². The first-order valence-electron chi connectivity index (χ1n) is 8.28. The molecule has 142 valence electrons. The van der Waals surface area contributed by atoms with Crippen molar-refractivity contribution in [2.24, 2.45) is 11.3 Å². The number of benzene rings is 1. The summed E-state index contributed by atoms with van der Waals surface area (Å²) in [5.41, 5.74) is 0.919. The molecule has 7 heteroatoms. The van der Waals surface area contributed by atoms with Gasteiger partial charge in [-0.05, 0) is 23.3 Å². The predicted molar refractivity (Wildman–Crippen MR) is 97.6 cm³/mol. The van der Waals surface area contributed by atoms with E-state index < -0.39 is 22.3 Å². The predicted octanol–water partition coefficient (Wildman–Crippen LogP) is 3.33. The highest BCUT2D eigenvalue weighted by Crippen LogP contribution is 2.26. The molecule has 1 aromatic rings. The van der Waals surface area contributed by atoms with Crippen molar-refractivity contribution < 1.29 is 22.1 Å². The van der Waals surface area contributed by atoms with Gasteiger partial charge in [0.2, 0.25) is 0 Å². The lowest BCUT2D eigenvalue weighted by molar-refractivity contribution is 0.120. The molecule has 0 aliphatic rings. The number of nitrogens with one attached hydrogen (secondary N) is 1. The fourth-order valence-corrected chi connectivity index (χ4v) is 2.96. The topological polar surface area (TPSA) is 81.7 Å². The van der Waals surface area contributed by atoms with Crippen molar-refractivity contribution in [3.63, 3.8) is 0 Å². The van der Waals surface area contributed by atoms with Crippen LogP contribution in [0, 0.1) is 11.3 Å². The highest BCUT2D eigenvalue weighted by atomic mass is 32.2. The highest BCUT2D eigenvalue weighted by Gasteiger charge is 2.26. The van der Waals surface area contributed by atoms with E-state index in [0.717, 1.165) is 18.2 Å². The molecule has 1 N–H and O–H groups in total. The third-order valence-electron chi connectivity index (χ3n) is 3.60. The molecular weight excluding hydrogens is 342 g/mol. The SMILES string of the molecule is CC(CC(C)(C)C)[C@@H](COS(C)(=O)=O)NC(=O)OCc1ccccc1. The molecule has 0 heterocycles. The lowest BCUT2D eigenvalue weighted by Gasteiger charge is -2.29. The van der Waals surface area contributed by atoms with Gasteiger partial charge in [0, 0.05) is 0 Å². The maximum atomic E-state index is 12.1. The van der Waals surface area contributed by atoms with Crippen LogP contribution in [0.5, 0.6) is 0 Å². The number of rotatable bonds is 8. The van der Waals surface area contributed by atoms with Crippen molar-refractivity contribution in [3.8, 4) is 0 Å². The number of carbonyl (C=O) groups excluding carboxylic acids is 1. The van der Waals surface area contributed by atoms with Gasteiger partial charge in [0.25, 0.3) is 10.1 Å². The van der Waals surface area contributed by atoms with Gasteiger partial charge in [-0.3, -0.25) is 4.18 Å². The van der Waals surface area contributed by atoms with Crippen LogP contribution >= 0.6 is 0 Å². The number of ether oxygens (including phenoxy) is 1. The Balaban J connectivity index is 2.65. The van der Waals surface area contributed by atoms with E-state index in [1.165, 1.54) is 0 Å². The molecule has 0 aromatic heterocycles. The summed E-state index contributed by atoms with van der Waals surface area (Å²) in [5, 5.41) is 2.73. The third kappa shape index (κ3) is 10.1. The second kappa shape index (κ2) is 9.20.